The van der Waals surface area contributed by atoms with E-state index in [1.165, 1.54) is 0 Å². The van der Waals surface area contributed by atoms with Crippen LogP contribution in [0.25, 0.3) is 0 Å². The molecule has 0 aliphatic heterocycles. The lowest BCUT2D eigenvalue weighted by Crippen LogP contribution is -2.25. The van der Waals surface area contributed by atoms with Crippen molar-refractivity contribution >= 4 is 5.78 Å². The third-order valence-corrected chi connectivity index (χ3v) is 2.87. The Hall–Kier alpha value is -2.13. The number of Topliss-reactive ketones (excluding diaryl/α,β-unsaturated/α-hetero) is 1. The molecular weight excluding hydrogens is 238 g/mol. The van der Waals surface area contributed by atoms with Crippen LogP contribution in [0.1, 0.15) is 15.9 Å². The van der Waals surface area contributed by atoms with Gasteiger partial charge in [-0.3, -0.25) is 9.69 Å². The van der Waals surface area contributed by atoms with E-state index in [0.717, 1.165) is 11.1 Å². The van der Waals surface area contributed by atoms with E-state index in [1.807, 2.05) is 48.3 Å². The van der Waals surface area contributed by atoms with Gasteiger partial charge in [-0.1, -0.05) is 42.5 Å². The topological polar surface area (TPSA) is 40.5 Å². The SMILES string of the molecule is CN(CC(=O)c1ccccc1)Cc1cccc(O)c1. The average Bonchev–Trinajstić information content (AvgIpc) is 2.39. The Morgan fingerprint density at radius 1 is 1.11 bits per heavy atom. The summed E-state index contributed by atoms with van der Waals surface area (Å²) in [5, 5.41) is 9.40. The van der Waals surface area contributed by atoms with Crippen molar-refractivity contribution in [2.24, 2.45) is 0 Å². The molecule has 2 aromatic rings. The minimum atomic E-state index is 0.100. The number of carbonyl (C=O) groups excluding carboxylic acids is 1. The minimum Gasteiger partial charge on any atom is -0.508 e. The van der Waals surface area contributed by atoms with Crippen LogP contribution < -0.4 is 0 Å². The zero-order chi connectivity index (χ0) is 13.7. The summed E-state index contributed by atoms with van der Waals surface area (Å²) >= 11 is 0. The summed E-state index contributed by atoms with van der Waals surface area (Å²) in [4.78, 5) is 14.0. The second-order valence-electron chi connectivity index (χ2n) is 4.63. The molecule has 0 bridgehead atoms. The van der Waals surface area contributed by atoms with Crippen molar-refractivity contribution in [3.8, 4) is 5.75 Å². The molecule has 0 heterocycles. The Bertz CT molecular complexity index is 552. The third kappa shape index (κ3) is 3.93. The maximum absolute atomic E-state index is 12.0. The first kappa shape index (κ1) is 13.3. The largest absolute Gasteiger partial charge is 0.508 e. The predicted molar refractivity (Wildman–Crippen MR) is 75.2 cm³/mol. The highest BCUT2D eigenvalue weighted by atomic mass is 16.3. The first-order chi connectivity index (χ1) is 9.15. The molecule has 0 saturated carbocycles. The van der Waals surface area contributed by atoms with Crippen molar-refractivity contribution < 1.29 is 9.90 Å². The number of hydrogen-bond donors (Lipinski definition) is 1. The Balaban J connectivity index is 1.95. The fraction of sp³-hybridized carbons (Fsp3) is 0.188. The number of rotatable bonds is 5. The molecule has 0 fully saturated rings. The van der Waals surface area contributed by atoms with Crippen molar-refractivity contribution in [2.75, 3.05) is 13.6 Å². The van der Waals surface area contributed by atoms with Crippen LogP contribution in [0.2, 0.25) is 0 Å². The first-order valence-corrected chi connectivity index (χ1v) is 6.20. The highest BCUT2D eigenvalue weighted by Gasteiger charge is 2.09. The lowest BCUT2D eigenvalue weighted by atomic mass is 10.1. The van der Waals surface area contributed by atoms with Crippen molar-refractivity contribution in [1.82, 2.24) is 4.90 Å². The van der Waals surface area contributed by atoms with Crippen LogP contribution in [0.3, 0.4) is 0 Å². The molecule has 19 heavy (non-hydrogen) atoms. The molecule has 0 aliphatic carbocycles. The normalized spacial score (nSPS) is 10.6. The number of phenols is 1. The molecule has 0 unspecified atom stereocenters. The van der Waals surface area contributed by atoms with Gasteiger partial charge < -0.3 is 5.11 Å². The van der Waals surface area contributed by atoms with Gasteiger partial charge in [-0.25, -0.2) is 0 Å². The first-order valence-electron chi connectivity index (χ1n) is 6.20. The molecule has 3 nitrogen and oxygen atoms in total. The van der Waals surface area contributed by atoms with E-state index < -0.39 is 0 Å². The fourth-order valence-electron chi connectivity index (χ4n) is 1.98. The molecule has 2 rings (SSSR count). The summed E-state index contributed by atoms with van der Waals surface area (Å²) in [7, 11) is 1.89. The summed E-state index contributed by atoms with van der Waals surface area (Å²) in [6.45, 7) is 0.993. The average molecular weight is 255 g/mol. The number of likely N-dealkylation sites (N-methyl/N-ethyl adjacent to an activating group) is 1. The van der Waals surface area contributed by atoms with E-state index in [1.54, 1.807) is 18.2 Å². The van der Waals surface area contributed by atoms with Crippen molar-refractivity contribution in [2.45, 2.75) is 6.54 Å². The quantitative estimate of drug-likeness (QED) is 0.835. The summed E-state index contributed by atoms with van der Waals surface area (Å²) in [5.41, 5.74) is 1.72. The van der Waals surface area contributed by atoms with Gasteiger partial charge in [0.25, 0.3) is 0 Å². The summed E-state index contributed by atoms with van der Waals surface area (Å²) < 4.78 is 0. The van der Waals surface area contributed by atoms with Gasteiger partial charge in [-0.05, 0) is 24.7 Å². The van der Waals surface area contributed by atoms with Crippen molar-refractivity contribution in [1.29, 1.82) is 0 Å². The number of hydrogen-bond acceptors (Lipinski definition) is 3. The number of phenolic OH excluding ortho intramolecular Hbond substituents is 1. The number of ketones is 1. The van der Waals surface area contributed by atoms with E-state index in [2.05, 4.69) is 0 Å². The molecule has 0 radical (unpaired) electrons. The zero-order valence-corrected chi connectivity index (χ0v) is 10.9. The van der Waals surface area contributed by atoms with E-state index in [9.17, 15) is 9.90 Å². The number of benzene rings is 2. The maximum atomic E-state index is 12.0. The molecular formula is C16H17NO2. The van der Waals surface area contributed by atoms with Crippen LogP contribution in [-0.4, -0.2) is 29.4 Å². The van der Waals surface area contributed by atoms with Gasteiger partial charge in [0.15, 0.2) is 5.78 Å². The summed E-state index contributed by atoms with van der Waals surface area (Å²) in [5.74, 6) is 0.350. The zero-order valence-electron chi connectivity index (χ0n) is 10.9. The van der Waals surface area contributed by atoms with E-state index in [4.69, 9.17) is 0 Å². The van der Waals surface area contributed by atoms with Gasteiger partial charge in [0.05, 0.1) is 6.54 Å². The molecule has 2 aromatic carbocycles. The summed E-state index contributed by atoms with van der Waals surface area (Å²) in [6, 6.07) is 16.4. The molecule has 1 N–H and O–H groups in total. The van der Waals surface area contributed by atoms with Crippen LogP contribution in [0.4, 0.5) is 0 Å². The molecule has 0 aliphatic rings. The molecule has 0 saturated heterocycles. The molecule has 0 spiro atoms. The highest BCUT2D eigenvalue weighted by Crippen LogP contribution is 2.12. The van der Waals surface area contributed by atoms with Crippen LogP contribution in [-0.2, 0) is 6.54 Å². The predicted octanol–water partition coefficient (Wildman–Crippen LogP) is 2.71. The van der Waals surface area contributed by atoms with Gasteiger partial charge in [0.2, 0.25) is 0 Å². The Morgan fingerprint density at radius 2 is 1.84 bits per heavy atom. The molecule has 0 aromatic heterocycles. The van der Waals surface area contributed by atoms with Crippen molar-refractivity contribution in [3.05, 3.63) is 65.7 Å². The van der Waals surface area contributed by atoms with E-state index >= 15 is 0 Å². The van der Waals surface area contributed by atoms with Crippen molar-refractivity contribution in [3.63, 3.8) is 0 Å². The smallest absolute Gasteiger partial charge is 0.176 e. The lowest BCUT2D eigenvalue weighted by Gasteiger charge is -2.16. The third-order valence-electron chi connectivity index (χ3n) is 2.87. The van der Waals surface area contributed by atoms with Crippen LogP contribution >= 0.6 is 0 Å². The van der Waals surface area contributed by atoms with Gasteiger partial charge in [0.1, 0.15) is 5.75 Å². The Kier molecular flexibility index (Phi) is 4.31. The number of nitrogens with zero attached hydrogens (tertiary/aromatic N) is 1. The van der Waals surface area contributed by atoms with Crippen LogP contribution in [0.5, 0.6) is 5.75 Å². The second-order valence-corrected chi connectivity index (χ2v) is 4.63. The minimum absolute atomic E-state index is 0.100. The Morgan fingerprint density at radius 3 is 2.53 bits per heavy atom. The molecule has 0 amide bonds. The summed E-state index contributed by atoms with van der Waals surface area (Å²) in [6.07, 6.45) is 0. The van der Waals surface area contributed by atoms with Gasteiger partial charge in [-0.15, -0.1) is 0 Å². The monoisotopic (exact) mass is 255 g/mol. The molecule has 3 heteroatoms. The van der Waals surface area contributed by atoms with Crippen LogP contribution in [0, 0.1) is 0 Å². The van der Waals surface area contributed by atoms with Gasteiger partial charge in [0, 0.05) is 12.1 Å². The van der Waals surface area contributed by atoms with Gasteiger partial charge >= 0.3 is 0 Å². The molecule has 98 valence electrons. The standard InChI is InChI=1S/C16H17NO2/c1-17(11-13-6-5-9-15(18)10-13)12-16(19)14-7-3-2-4-8-14/h2-10,18H,11-12H2,1H3. The second kappa shape index (κ2) is 6.16. The maximum Gasteiger partial charge on any atom is 0.176 e. The molecule has 0 atom stereocenters. The number of carbonyl (C=O) groups is 1. The van der Waals surface area contributed by atoms with Crippen LogP contribution in [0.15, 0.2) is 54.6 Å². The fourth-order valence-corrected chi connectivity index (χ4v) is 1.98. The van der Waals surface area contributed by atoms with Gasteiger partial charge in [-0.2, -0.15) is 0 Å². The Labute approximate surface area is 113 Å². The lowest BCUT2D eigenvalue weighted by molar-refractivity contribution is 0.0943. The number of aromatic hydroxyl groups is 1. The van der Waals surface area contributed by atoms with E-state index in [-0.39, 0.29) is 11.5 Å². The van der Waals surface area contributed by atoms with E-state index in [0.29, 0.717) is 13.1 Å². The highest BCUT2D eigenvalue weighted by molar-refractivity contribution is 5.97.